The number of hydrogen-bond acceptors (Lipinski definition) is 5. The van der Waals surface area contributed by atoms with Gasteiger partial charge in [0.05, 0.1) is 22.0 Å². The molecule has 1 aromatic carbocycles. The van der Waals surface area contributed by atoms with Crippen molar-refractivity contribution in [2.75, 3.05) is 6.54 Å². The van der Waals surface area contributed by atoms with E-state index >= 15 is 0 Å². The van der Waals surface area contributed by atoms with E-state index in [0.717, 1.165) is 0 Å². The third-order valence-corrected chi connectivity index (χ3v) is 6.40. The largest absolute Gasteiger partial charge is 0.436 e. The Morgan fingerprint density at radius 2 is 1.91 bits per heavy atom. The highest BCUT2D eigenvalue weighted by atomic mass is 32.1. The first-order valence-corrected chi connectivity index (χ1v) is 11.3. The van der Waals surface area contributed by atoms with E-state index < -0.39 is 41.4 Å². The summed E-state index contributed by atoms with van der Waals surface area (Å²) < 4.78 is 63.5. The molecule has 34 heavy (non-hydrogen) atoms. The molecule has 4 rings (SSSR count). The van der Waals surface area contributed by atoms with E-state index in [-0.39, 0.29) is 28.9 Å². The van der Waals surface area contributed by atoms with Crippen LogP contribution in [0.25, 0.3) is 15.8 Å². The molecule has 0 aliphatic carbocycles. The van der Waals surface area contributed by atoms with Crippen molar-refractivity contribution < 1.29 is 32.2 Å². The van der Waals surface area contributed by atoms with Crippen LogP contribution >= 0.6 is 11.5 Å². The lowest BCUT2D eigenvalue weighted by Gasteiger charge is -2.29. The fraction of sp³-hybridized carbons (Fsp3) is 0.391. The maximum absolute atomic E-state index is 13.6. The SMILES string of the molecule is CC(C)OC(O)C1=CN(C(=O)c2ccc(F)cc2)CC(C)(C)c2c1[nH]c1c(C(F)(F)F)nsc21. The molecule has 2 N–H and O–H groups in total. The van der Waals surface area contributed by atoms with Crippen LogP contribution < -0.4 is 0 Å². The van der Waals surface area contributed by atoms with Gasteiger partial charge in [-0.05, 0) is 49.6 Å². The van der Waals surface area contributed by atoms with Crippen LogP contribution in [-0.4, -0.2) is 44.2 Å². The van der Waals surface area contributed by atoms with Gasteiger partial charge >= 0.3 is 6.18 Å². The molecule has 2 aromatic heterocycles. The number of carbonyl (C=O) groups is 1. The molecule has 0 saturated heterocycles. The highest BCUT2D eigenvalue weighted by Gasteiger charge is 2.42. The van der Waals surface area contributed by atoms with Gasteiger partial charge in [0.15, 0.2) is 12.0 Å². The van der Waals surface area contributed by atoms with Gasteiger partial charge in [-0.15, -0.1) is 0 Å². The summed E-state index contributed by atoms with van der Waals surface area (Å²) in [6.45, 7) is 7.07. The fourth-order valence-electron chi connectivity index (χ4n) is 4.12. The minimum Gasteiger partial charge on any atom is -0.364 e. The zero-order chi connectivity index (χ0) is 25.0. The molecule has 1 aliphatic heterocycles. The average Bonchev–Trinajstić information content (AvgIpc) is 3.26. The van der Waals surface area contributed by atoms with Gasteiger partial charge in [0.25, 0.3) is 5.91 Å². The number of rotatable bonds is 4. The number of ether oxygens (including phenoxy) is 1. The van der Waals surface area contributed by atoms with E-state index in [4.69, 9.17) is 4.74 Å². The van der Waals surface area contributed by atoms with Gasteiger partial charge in [0, 0.05) is 34.9 Å². The molecule has 1 amide bonds. The second-order valence-electron chi connectivity index (χ2n) is 9.05. The third kappa shape index (κ3) is 4.35. The average molecular weight is 498 g/mol. The number of aliphatic hydroxyl groups is 1. The van der Waals surface area contributed by atoms with Crippen molar-refractivity contribution in [2.45, 2.75) is 51.7 Å². The van der Waals surface area contributed by atoms with E-state index in [9.17, 15) is 27.5 Å². The number of nitrogens with zero attached hydrogens (tertiary/aromatic N) is 2. The first-order chi connectivity index (χ1) is 15.8. The molecule has 1 unspecified atom stereocenters. The van der Waals surface area contributed by atoms with Crippen molar-refractivity contribution in [3.05, 3.63) is 58.8 Å². The molecule has 0 saturated carbocycles. The normalized spacial score (nSPS) is 17.0. The predicted molar refractivity (Wildman–Crippen MR) is 120 cm³/mol. The zero-order valence-corrected chi connectivity index (χ0v) is 19.6. The number of benzene rings is 1. The third-order valence-electron chi connectivity index (χ3n) is 5.53. The smallest absolute Gasteiger partial charge is 0.364 e. The Morgan fingerprint density at radius 3 is 2.50 bits per heavy atom. The van der Waals surface area contributed by atoms with E-state index in [1.165, 1.54) is 35.4 Å². The van der Waals surface area contributed by atoms with Crippen LogP contribution in [0, 0.1) is 5.82 Å². The van der Waals surface area contributed by atoms with E-state index in [1.54, 1.807) is 27.7 Å². The number of nitrogens with one attached hydrogen (secondary N) is 1. The maximum atomic E-state index is 13.6. The van der Waals surface area contributed by atoms with E-state index in [1.807, 2.05) is 0 Å². The van der Waals surface area contributed by atoms with E-state index in [2.05, 4.69) is 9.36 Å². The zero-order valence-electron chi connectivity index (χ0n) is 18.8. The standard InChI is InChI=1S/C23H23F4N3O3S/c1-11(2)33-21(32)14-9-30(20(31)12-5-7-13(24)8-6-12)10-22(3,4)15-16(14)28-17-18(15)34-29-19(17)23(25,26)27/h5-9,11,21,28,32H,10H2,1-4H3. The molecule has 182 valence electrons. The van der Waals surface area contributed by atoms with Gasteiger partial charge in [0.1, 0.15) is 5.82 Å². The number of halogens is 4. The van der Waals surface area contributed by atoms with Crippen LogP contribution in [0.3, 0.4) is 0 Å². The summed E-state index contributed by atoms with van der Waals surface area (Å²) in [6.07, 6.45) is -5.20. The van der Waals surface area contributed by atoms with Crippen molar-refractivity contribution in [2.24, 2.45) is 0 Å². The summed E-state index contributed by atoms with van der Waals surface area (Å²) in [6, 6.07) is 5.03. The summed E-state index contributed by atoms with van der Waals surface area (Å²) in [5.74, 6) is -0.947. The van der Waals surface area contributed by atoms with Crippen molar-refractivity contribution in [1.82, 2.24) is 14.3 Å². The second-order valence-corrected chi connectivity index (χ2v) is 9.83. The Hall–Kier alpha value is -2.76. The number of alkyl halides is 3. The molecular weight excluding hydrogens is 474 g/mol. The second kappa shape index (κ2) is 8.47. The topological polar surface area (TPSA) is 78.5 Å². The molecule has 11 heteroatoms. The van der Waals surface area contributed by atoms with Crippen LogP contribution in [0.15, 0.2) is 30.5 Å². The van der Waals surface area contributed by atoms with Crippen LogP contribution in [0.4, 0.5) is 17.6 Å². The Labute approximate surface area is 197 Å². The van der Waals surface area contributed by atoms with Crippen LogP contribution in [-0.2, 0) is 16.3 Å². The summed E-state index contributed by atoms with van der Waals surface area (Å²) in [7, 11) is 0. The molecule has 0 bridgehead atoms. The quantitative estimate of drug-likeness (QED) is 0.379. The van der Waals surface area contributed by atoms with Gasteiger partial charge in [-0.25, -0.2) is 4.39 Å². The number of amides is 1. The number of carbonyl (C=O) groups excluding carboxylic acids is 1. The van der Waals surface area contributed by atoms with Gasteiger partial charge in [-0.2, -0.15) is 17.5 Å². The van der Waals surface area contributed by atoms with Crippen molar-refractivity contribution in [1.29, 1.82) is 0 Å². The van der Waals surface area contributed by atoms with Crippen LogP contribution in [0.1, 0.15) is 55.0 Å². The van der Waals surface area contributed by atoms with Crippen molar-refractivity contribution in [3.8, 4) is 0 Å². The molecular formula is C23H23F4N3O3S. The number of hydrogen-bond donors (Lipinski definition) is 2. The lowest BCUT2D eigenvalue weighted by molar-refractivity contribution is -0.139. The molecule has 0 radical (unpaired) electrons. The molecule has 1 aliphatic rings. The molecule has 3 heterocycles. The summed E-state index contributed by atoms with van der Waals surface area (Å²) in [4.78, 5) is 17.5. The highest BCUT2D eigenvalue weighted by molar-refractivity contribution is 7.13. The van der Waals surface area contributed by atoms with Crippen LogP contribution in [0.5, 0.6) is 0 Å². The number of aromatic nitrogens is 2. The first-order valence-electron chi connectivity index (χ1n) is 10.5. The van der Waals surface area contributed by atoms with Gasteiger partial charge in [-0.1, -0.05) is 13.8 Å². The summed E-state index contributed by atoms with van der Waals surface area (Å²) >= 11 is 0.713. The van der Waals surface area contributed by atoms with Gasteiger partial charge < -0.3 is 19.7 Å². The monoisotopic (exact) mass is 497 g/mol. The number of aromatic amines is 1. The molecule has 1 atom stereocenters. The number of fused-ring (bicyclic) bond motifs is 3. The van der Waals surface area contributed by atoms with Gasteiger partial charge in [0.2, 0.25) is 0 Å². The summed E-state index contributed by atoms with van der Waals surface area (Å²) in [5.41, 5.74) is -0.953. The van der Waals surface area contributed by atoms with Crippen LogP contribution in [0.2, 0.25) is 0 Å². The summed E-state index contributed by atoms with van der Waals surface area (Å²) in [5, 5.41) is 10.9. The van der Waals surface area contributed by atoms with Crippen molar-refractivity contribution in [3.63, 3.8) is 0 Å². The first kappa shape index (κ1) is 24.4. The Balaban J connectivity index is 1.91. The van der Waals surface area contributed by atoms with Gasteiger partial charge in [-0.3, -0.25) is 4.79 Å². The Kier molecular flexibility index (Phi) is 6.07. The minimum atomic E-state index is -4.66. The predicted octanol–water partition coefficient (Wildman–Crippen LogP) is 5.30. The Bertz CT molecular complexity index is 1260. The Morgan fingerprint density at radius 1 is 1.26 bits per heavy atom. The molecule has 6 nitrogen and oxygen atoms in total. The molecule has 0 spiro atoms. The highest BCUT2D eigenvalue weighted by Crippen LogP contribution is 2.46. The maximum Gasteiger partial charge on any atom is 0.436 e. The number of aliphatic hydroxyl groups excluding tert-OH is 1. The molecule has 3 aromatic rings. The van der Waals surface area contributed by atoms with E-state index in [0.29, 0.717) is 21.8 Å². The number of H-pyrrole nitrogens is 1. The van der Waals surface area contributed by atoms with Crippen molar-refractivity contribution >= 4 is 33.2 Å². The lowest BCUT2D eigenvalue weighted by atomic mass is 9.83. The molecule has 0 fully saturated rings. The minimum absolute atomic E-state index is 0.0836. The lowest BCUT2D eigenvalue weighted by Crippen LogP contribution is -2.36. The fourth-order valence-corrected chi connectivity index (χ4v) is 5.21.